The minimum Gasteiger partial charge on any atom is -0.480 e. The molecule has 8 heteroatoms. The number of nitrogens with one attached hydrogen (secondary N) is 2. The Morgan fingerprint density at radius 1 is 1.36 bits per heavy atom. The van der Waals surface area contributed by atoms with E-state index in [0.717, 1.165) is 0 Å². The summed E-state index contributed by atoms with van der Waals surface area (Å²) in [6.45, 7) is 3.35. The number of nitrogens with zero attached hydrogens (tertiary/aromatic N) is 1. The highest BCUT2D eigenvalue weighted by atomic mass is 16.5. The molecule has 116 valence electrons. The average Bonchev–Trinajstić information content (AvgIpc) is 2.52. The van der Waals surface area contributed by atoms with Crippen LogP contribution in [0.3, 0.4) is 0 Å². The first-order valence-electron chi connectivity index (χ1n) is 6.25. The number of carbonyl (C=O) groups excluding carboxylic acids is 2. The van der Waals surface area contributed by atoms with Gasteiger partial charge in [0.2, 0.25) is 0 Å². The van der Waals surface area contributed by atoms with Crippen LogP contribution < -0.4 is 5.32 Å². The molecule has 0 fully saturated rings. The van der Waals surface area contributed by atoms with Crippen LogP contribution in [-0.2, 0) is 16.0 Å². The van der Waals surface area contributed by atoms with Crippen molar-refractivity contribution >= 4 is 18.0 Å². The van der Waals surface area contributed by atoms with Crippen LogP contribution in [0.5, 0.6) is 0 Å². The smallest absolute Gasteiger partial charge is 0.408 e. The molecule has 0 saturated carbocycles. The third-order valence-electron chi connectivity index (χ3n) is 2.66. The van der Waals surface area contributed by atoms with Crippen LogP contribution in [0.2, 0.25) is 0 Å². The second kappa shape index (κ2) is 8.30. The molecule has 0 aliphatic carbocycles. The second-order valence-corrected chi connectivity index (χ2v) is 4.24. The van der Waals surface area contributed by atoms with Crippen LogP contribution in [0.1, 0.15) is 15.9 Å². The molecule has 1 rings (SSSR count). The van der Waals surface area contributed by atoms with Gasteiger partial charge in [-0.15, -0.1) is 5.11 Å². The van der Waals surface area contributed by atoms with Crippen molar-refractivity contribution in [1.82, 2.24) is 5.32 Å². The molecule has 1 aromatic carbocycles. The highest BCUT2D eigenvalue weighted by molar-refractivity contribution is 5.94. The van der Waals surface area contributed by atoms with Crippen molar-refractivity contribution in [2.24, 2.45) is 5.11 Å². The van der Waals surface area contributed by atoms with E-state index >= 15 is 0 Å². The van der Waals surface area contributed by atoms with Gasteiger partial charge in [-0.05, 0) is 17.7 Å². The molecule has 2 amide bonds. The lowest BCUT2D eigenvalue weighted by molar-refractivity contribution is -0.139. The van der Waals surface area contributed by atoms with Crippen LogP contribution in [0.4, 0.5) is 4.79 Å². The number of aliphatic carboxylic acids is 1. The number of carboxylic acid groups (broad SMARTS) is 1. The van der Waals surface area contributed by atoms with Crippen LogP contribution in [0.15, 0.2) is 42.0 Å². The quantitative estimate of drug-likeness (QED) is 0.522. The number of amides is 2. The lowest BCUT2D eigenvalue weighted by Gasteiger charge is -2.14. The number of hydrogen-bond donors (Lipinski definition) is 3. The predicted molar refractivity (Wildman–Crippen MR) is 75.7 cm³/mol. The van der Waals surface area contributed by atoms with Gasteiger partial charge in [0, 0.05) is 12.0 Å². The van der Waals surface area contributed by atoms with Crippen molar-refractivity contribution in [2.75, 3.05) is 6.61 Å². The minimum atomic E-state index is -1.21. The molecule has 0 aliphatic heterocycles. The third kappa shape index (κ3) is 5.16. The highest BCUT2D eigenvalue weighted by Gasteiger charge is 2.21. The summed E-state index contributed by atoms with van der Waals surface area (Å²) >= 11 is 0. The number of alkyl carbamates (subject to hydrolysis) is 1. The van der Waals surface area contributed by atoms with Gasteiger partial charge in [-0.2, -0.15) is 0 Å². The number of carbonyl (C=O) groups is 3. The Morgan fingerprint density at radius 2 is 2.00 bits per heavy atom. The van der Waals surface area contributed by atoms with Crippen molar-refractivity contribution in [3.05, 3.63) is 48.0 Å². The number of ether oxygens (including phenoxy) is 1. The van der Waals surface area contributed by atoms with E-state index in [4.69, 9.17) is 10.6 Å². The Bertz CT molecular complexity index is 583. The number of benzene rings is 1. The van der Waals surface area contributed by atoms with Crippen LogP contribution >= 0.6 is 0 Å². The van der Waals surface area contributed by atoms with E-state index in [-0.39, 0.29) is 18.6 Å². The first-order valence-corrected chi connectivity index (χ1v) is 6.25. The molecule has 1 atom stereocenters. The van der Waals surface area contributed by atoms with Gasteiger partial charge < -0.3 is 15.2 Å². The molecule has 0 unspecified atom stereocenters. The van der Waals surface area contributed by atoms with Gasteiger partial charge in [0.1, 0.15) is 12.6 Å². The fourth-order valence-electron chi connectivity index (χ4n) is 1.60. The molecule has 1 aromatic rings. The maximum absolute atomic E-state index is 11.4. The molecule has 8 nitrogen and oxygen atoms in total. The summed E-state index contributed by atoms with van der Waals surface area (Å²) in [4.78, 5) is 33.7. The van der Waals surface area contributed by atoms with Gasteiger partial charge in [0.15, 0.2) is 0 Å². The lowest BCUT2D eigenvalue weighted by Crippen LogP contribution is -2.42. The zero-order valence-electron chi connectivity index (χ0n) is 11.6. The van der Waals surface area contributed by atoms with E-state index in [1.165, 1.54) is 30.3 Å². The summed E-state index contributed by atoms with van der Waals surface area (Å²) in [6.07, 6.45) is 0.528. The van der Waals surface area contributed by atoms with Crippen molar-refractivity contribution in [3.8, 4) is 0 Å². The Balaban J connectivity index is 2.72. The van der Waals surface area contributed by atoms with E-state index < -0.39 is 24.0 Å². The first-order chi connectivity index (χ1) is 10.5. The summed E-state index contributed by atoms with van der Waals surface area (Å²) in [5.41, 5.74) is 7.45. The van der Waals surface area contributed by atoms with Crippen molar-refractivity contribution < 1.29 is 24.2 Å². The molecule has 3 N–H and O–H groups in total. The van der Waals surface area contributed by atoms with Crippen LogP contribution in [0.25, 0.3) is 0 Å². The molecule has 0 aliphatic rings. The largest absolute Gasteiger partial charge is 0.480 e. The fourth-order valence-corrected chi connectivity index (χ4v) is 1.60. The average molecular weight is 305 g/mol. The van der Waals surface area contributed by atoms with Gasteiger partial charge in [-0.3, -0.25) is 4.79 Å². The topological polar surface area (TPSA) is 129 Å². The SMILES string of the molecule is C=CCOC(=O)N[C@@H](Cc1ccc(C(=O)N=N)cc1)C(=O)O. The molecule has 22 heavy (non-hydrogen) atoms. The highest BCUT2D eigenvalue weighted by Crippen LogP contribution is 2.09. The zero-order chi connectivity index (χ0) is 16.5. The molecule has 0 heterocycles. The van der Waals surface area contributed by atoms with Gasteiger partial charge in [-0.25, -0.2) is 15.1 Å². The van der Waals surface area contributed by atoms with Crippen molar-refractivity contribution in [1.29, 1.82) is 5.53 Å². The van der Waals surface area contributed by atoms with Crippen molar-refractivity contribution in [3.63, 3.8) is 0 Å². The van der Waals surface area contributed by atoms with E-state index in [1.54, 1.807) is 0 Å². The Labute approximate surface area is 126 Å². The van der Waals surface area contributed by atoms with Gasteiger partial charge in [0.25, 0.3) is 5.91 Å². The Morgan fingerprint density at radius 3 is 2.50 bits per heavy atom. The zero-order valence-corrected chi connectivity index (χ0v) is 11.6. The first kappa shape index (κ1) is 17.0. The summed E-state index contributed by atoms with van der Waals surface area (Å²) in [5.74, 6) is -1.90. The molecular formula is C14H15N3O5. The van der Waals surface area contributed by atoms with E-state index in [1.807, 2.05) is 0 Å². The Kier molecular flexibility index (Phi) is 6.42. The number of rotatable bonds is 7. The monoisotopic (exact) mass is 305 g/mol. The standard InChI is InChI=1S/C14H15N3O5/c1-2-7-22-14(21)16-11(13(19)20)8-9-3-5-10(6-4-9)12(18)17-15/h2-6,11,15H,1,7-8H2,(H,16,21)(H,19,20)/t11-/m0/s1. The Hall–Kier alpha value is -3.03. The van der Waals surface area contributed by atoms with Gasteiger partial charge in [0.05, 0.1) is 0 Å². The summed E-state index contributed by atoms with van der Waals surface area (Å²) < 4.78 is 4.67. The van der Waals surface area contributed by atoms with Crippen molar-refractivity contribution in [2.45, 2.75) is 12.5 Å². The van der Waals surface area contributed by atoms with Gasteiger partial charge in [-0.1, -0.05) is 24.8 Å². The predicted octanol–water partition coefficient (Wildman–Crippen LogP) is 1.77. The van der Waals surface area contributed by atoms with E-state index in [0.29, 0.717) is 5.56 Å². The van der Waals surface area contributed by atoms with Crippen LogP contribution in [0, 0.1) is 5.53 Å². The maximum Gasteiger partial charge on any atom is 0.408 e. The fraction of sp³-hybridized carbons (Fsp3) is 0.214. The number of carboxylic acids is 1. The maximum atomic E-state index is 11.4. The lowest BCUT2D eigenvalue weighted by atomic mass is 10.0. The molecule has 0 spiro atoms. The second-order valence-electron chi connectivity index (χ2n) is 4.24. The van der Waals surface area contributed by atoms with Crippen LogP contribution in [-0.4, -0.2) is 35.7 Å². The molecule has 0 radical (unpaired) electrons. The molecular weight excluding hydrogens is 290 g/mol. The third-order valence-corrected chi connectivity index (χ3v) is 2.66. The summed E-state index contributed by atoms with van der Waals surface area (Å²) in [6, 6.07) is 4.77. The van der Waals surface area contributed by atoms with E-state index in [9.17, 15) is 14.4 Å². The molecule has 0 bridgehead atoms. The molecule has 0 saturated heterocycles. The van der Waals surface area contributed by atoms with E-state index in [2.05, 4.69) is 21.7 Å². The van der Waals surface area contributed by atoms with Gasteiger partial charge >= 0.3 is 12.1 Å². The summed E-state index contributed by atoms with van der Waals surface area (Å²) in [5, 5.41) is 14.1. The number of hydrogen-bond acceptors (Lipinski definition) is 5. The summed E-state index contributed by atoms with van der Waals surface area (Å²) in [7, 11) is 0. The minimum absolute atomic E-state index is 0.0189. The normalized spacial score (nSPS) is 11.1. The molecule has 0 aromatic heterocycles.